The first-order valence-electron chi connectivity index (χ1n) is 8.63. The third-order valence-electron chi connectivity index (χ3n) is 5.55. The predicted octanol–water partition coefficient (Wildman–Crippen LogP) is 2.42. The van der Waals surface area contributed by atoms with Crippen LogP contribution in [0.4, 0.5) is 0 Å². The summed E-state index contributed by atoms with van der Waals surface area (Å²) in [6.45, 7) is 1.43. The van der Waals surface area contributed by atoms with E-state index in [4.69, 9.17) is 14.7 Å². The fourth-order valence-electron chi connectivity index (χ4n) is 4.39. The Bertz CT molecular complexity index is 832. The van der Waals surface area contributed by atoms with Crippen LogP contribution in [-0.2, 0) is 12.0 Å². The fourth-order valence-corrected chi connectivity index (χ4v) is 4.93. The molecule has 1 aromatic rings. The van der Waals surface area contributed by atoms with Crippen LogP contribution in [0.25, 0.3) is 0 Å². The summed E-state index contributed by atoms with van der Waals surface area (Å²) in [5, 5.41) is 19.8. The molecule has 3 atom stereocenters. The molecule has 1 N–H and O–H groups in total. The van der Waals surface area contributed by atoms with Gasteiger partial charge in [0, 0.05) is 25.1 Å². The normalized spacial score (nSPS) is 29.3. The number of hydrogen-bond donors (Lipinski definition) is 1. The molecule has 2 heterocycles. The third kappa shape index (κ3) is 2.48. The van der Waals surface area contributed by atoms with Gasteiger partial charge in [-0.3, -0.25) is 0 Å². The molecule has 26 heavy (non-hydrogen) atoms. The molecule has 4 rings (SSSR count). The Labute approximate surface area is 157 Å². The minimum Gasteiger partial charge on any atom is -0.493 e. The number of benzene rings is 1. The zero-order valence-corrected chi connectivity index (χ0v) is 15.6. The van der Waals surface area contributed by atoms with Gasteiger partial charge in [0.25, 0.3) is 0 Å². The van der Waals surface area contributed by atoms with E-state index >= 15 is 0 Å². The third-order valence-corrected chi connectivity index (χ3v) is 6.27. The second-order valence-corrected chi connectivity index (χ2v) is 7.58. The highest BCUT2D eigenvalue weighted by atomic mass is 32.2. The van der Waals surface area contributed by atoms with Crippen LogP contribution in [0.3, 0.4) is 0 Å². The molecule has 0 bridgehead atoms. The Hall–Kier alpha value is -2.17. The molecule has 0 radical (unpaired) electrons. The average Bonchev–Trinajstić information content (AvgIpc) is 2.88. The van der Waals surface area contributed by atoms with Crippen LogP contribution >= 0.6 is 11.8 Å². The average molecular weight is 371 g/mol. The number of rotatable bonds is 1. The zero-order chi connectivity index (χ0) is 18.3. The van der Waals surface area contributed by atoms with E-state index in [1.807, 2.05) is 24.6 Å². The summed E-state index contributed by atoms with van der Waals surface area (Å²) in [6.07, 6.45) is 8.64. The summed E-state index contributed by atoms with van der Waals surface area (Å²) >= 11 is 1.48. The number of aliphatic hydroxyl groups is 1. The highest BCUT2D eigenvalue weighted by Crippen LogP contribution is 2.55. The Kier molecular flexibility index (Phi) is 4.33. The SMILES string of the molecule is COc1ccc2c3c1O[C@H]1C[C@@H](O)C=C[C@@]31CCN(C(=NC#N)SC)C2. The Morgan fingerprint density at radius 3 is 3.12 bits per heavy atom. The number of aliphatic imine (C=N–C) groups is 1. The maximum absolute atomic E-state index is 10.1. The van der Waals surface area contributed by atoms with E-state index in [2.05, 4.69) is 22.0 Å². The standard InChI is InChI=1S/C19H21N3O3S/c1-24-14-4-3-12-10-22(18(26-2)21-11-20)8-7-19-6-5-13(23)9-15(19)25-17(14)16(12)19/h3-6,13,15,23H,7-10H2,1-2H3/t13-,15-,19-/m0/s1. The Morgan fingerprint density at radius 1 is 1.54 bits per heavy atom. The number of ether oxygens (including phenoxy) is 2. The van der Waals surface area contributed by atoms with Crippen LogP contribution in [0.2, 0.25) is 0 Å². The van der Waals surface area contributed by atoms with Crippen LogP contribution in [0, 0.1) is 11.5 Å². The Balaban J connectivity index is 1.86. The van der Waals surface area contributed by atoms with Gasteiger partial charge in [0.05, 0.1) is 18.6 Å². The van der Waals surface area contributed by atoms with Gasteiger partial charge in [-0.1, -0.05) is 30.0 Å². The first-order chi connectivity index (χ1) is 12.6. The summed E-state index contributed by atoms with van der Waals surface area (Å²) in [4.78, 5) is 6.14. The molecule has 6 nitrogen and oxygen atoms in total. The first-order valence-corrected chi connectivity index (χ1v) is 9.85. The zero-order valence-electron chi connectivity index (χ0n) is 14.8. The van der Waals surface area contributed by atoms with E-state index in [0.29, 0.717) is 13.0 Å². The second kappa shape index (κ2) is 6.53. The lowest BCUT2D eigenvalue weighted by atomic mass is 9.69. The molecule has 0 saturated heterocycles. The number of thioether (sulfide) groups is 1. The van der Waals surface area contributed by atoms with Crippen molar-refractivity contribution in [3.05, 3.63) is 35.4 Å². The quantitative estimate of drug-likeness (QED) is 0.354. The van der Waals surface area contributed by atoms with Crippen molar-refractivity contribution in [2.45, 2.75) is 37.0 Å². The van der Waals surface area contributed by atoms with Gasteiger partial charge in [-0.15, -0.1) is 4.99 Å². The number of amidine groups is 1. The van der Waals surface area contributed by atoms with Crippen molar-refractivity contribution in [1.29, 1.82) is 5.26 Å². The lowest BCUT2D eigenvalue weighted by Gasteiger charge is -2.36. The minimum atomic E-state index is -0.490. The molecule has 0 aromatic heterocycles. The number of methoxy groups -OCH3 is 1. The summed E-state index contributed by atoms with van der Waals surface area (Å²) in [5.74, 6) is 1.52. The van der Waals surface area contributed by atoms with Crippen molar-refractivity contribution in [3.8, 4) is 17.7 Å². The lowest BCUT2D eigenvalue weighted by Crippen LogP contribution is -2.43. The van der Waals surface area contributed by atoms with Gasteiger partial charge in [-0.25, -0.2) is 0 Å². The van der Waals surface area contributed by atoms with E-state index in [9.17, 15) is 5.11 Å². The van der Waals surface area contributed by atoms with Crippen molar-refractivity contribution in [2.75, 3.05) is 19.9 Å². The second-order valence-electron chi connectivity index (χ2n) is 6.81. The van der Waals surface area contributed by atoms with Crippen molar-refractivity contribution in [2.24, 2.45) is 4.99 Å². The molecule has 2 aliphatic heterocycles. The Morgan fingerprint density at radius 2 is 2.38 bits per heavy atom. The smallest absolute Gasteiger partial charge is 0.208 e. The lowest BCUT2D eigenvalue weighted by molar-refractivity contribution is 0.0834. The molecule has 3 aliphatic rings. The molecule has 136 valence electrons. The summed E-state index contributed by atoms with van der Waals surface area (Å²) in [5.41, 5.74) is 2.04. The van der Waals surface area contributed by atoms with Crippen molar-refractivity contribution >= 4 is 16.9 Å². The van der Waals surface area contributed by atoms with Crippen molar-refractivity contribution < 1.29 is 14.6 Å². The summed E-state index contributed by atoms with van der Waals surface area (Å²) in [7, 11) is 1.65. The van der Waals surface area contributed by atoms with E-state index < -0.39 is 6.10 Å². The molecule has 7 heteroatoms. The van der Waals surface area contributed by atoms with Crippen LogP contribution < -0.4 is 9.47 Å². The molecular weight excluding hydrogens is 350 g/mol. The monoisotopic (exact) mass is 371 g/mol. The largest absolute Gasteiger partial charge is 0.493 e. The van der Waals surface area contributed by atoms with Gasteiger partial charge in [-0.2, -0.15) is 5.26 Å². The molecule has 1 aliphatic carbocycles. The molecule has 1 aromatic carbocycles. The van der Waals surface area contributed by atoms with Crippen molar-refractivity contribution in [3.63, 3.8) is 0 Å². The summed E-state index contributed by atoms with van der Waals surface area (Å²) < 4.78 is 11.8. The van der Waals surface area contributed by atoms with Crippen LogP contribution in [0.1, 0.15) is 24.0 Å². The van der Waals surface area contributed by atoms with Crippen LogP contribution in [0.15, 0.2) is 29.3 Å². The number of aliphatic hydroxyl groups excluding tert-OH is 1. The van der Waals surface area contributed by atoms with Crippen molar-refractivity contribution in [1.82, 2.24) is 4.90 Å². The van der Waals surface area contributed by atoms with Gasteiger partial charge >= 0.3 is 0 Å². The van der Waals surface area contributed by atoms with Crippen LogP contribution in [0.5, 0.6) is 11.5 Å². The minimum absolute atomic E-state index is 0.113. The topological polar surface area (TPSA) is 78.1 Å². The molecule has 0 unspecified atom stereocenters. The molecule has 0 fully saturated rings. The molecule has 0 amide bonds. The maximum atomic E-state index is 10.1. The highest BCUT2D eigenvalue weighted by Gasteiger charge is 2.53. The van der Waals surface area contributed by atoms with E-state index in [1.165, 1.54) is 11.8 Å². The van der Waals surface area contributed by atoms with Gasteiger partial charge in [0.15, 0.2) is 16.7 Å². The number of hydrogen-bond acceptors (Lipinski definition) is 6. The highest BCUT2D eigenvalue weighted by molar-refractivity contribution is 8.13. The van der Waals surface area contributed by atoms with Gasteiger partial charge < -0.3 is 19.5 Å². The van der Waals surface area contributed by atoms with E-state index in [-0.39, 0.29) is 11.5 Å². The molecule has 1 spiro atoms. The van der Waals surface area contributed by atoms with Crippen LogP contribution in [-0.4, -0.2) is 47.3 Å². The number of nitrogens with zero attached hydrogens (tertiary/aromatic N) is 3. The maximum Gasteiger partial charge on any atom is 0.208 e. The predicted molar refractivity (Wildman–Crippen MR) is 100 cm³/mol. The van der Waals surface area contributed by atoms with E-state index in [1.54, 1.807) is 7.11 Å². The van der Waals surface area contributed by atoms with E-state index in [0.717, 1.165) is 40.8 Å². The molecule has 0 saturated carbocycles. The van der Waals surface area contributed by atoms with Gasteiger partial charge in [0.2, 0.25) is 6.19 Å². The number of nitriles is 1. The van der Waals surface area contributed by atoms with Gasteiger partial charge in [0.1, 0.15) is 6.10 Å². The summed E-state index contributed by atoms with van der Waals surface area (Å²) in [6, 6.07) is 4.01. The molecular formula is C19H21N3O3S. The van der Waals surface area contributed by atoms with Gasteiger partial charge in [-0.05, 0) is 24.3 Å². The fraction of sp³-hybridized carbons (Fsp3) is 0.474. The first kappa shape index (κ1) is 17.3.